The molecule has 1 aliphatic heterocycles. The fraction of sp³-hybridized carbons (Fsp3) is 0.375. The monoisotopic (exact) mass is 352 g/mol. The molecule has 1 aromatic heterocycles. The first-order valence-electron chi connectivity index (χ1n) is 7.55. The van der Waals surface area contributed by atoms with Gasteiger partial charge in [0.2, 0.25) is 5.91 Å². The van der Waals surface area contributed by atoms with E-state index in [0.29, 0.717) is 29.4 Å². The van der Waals surface area contributed by atoms with Crippen molar-refractivity contribution in [2.24, 2.45) is 0 Å². The van der Waals surface area contributed by atoms with Crippen LogP contribution < -0.4 is 10.6 Å². The van der Waals surface area contributed by atoms with Crippen molar-refractivity contribution in [3.8, 4) is 0 Å². The van der Waals surface area contributed by atoms with Gasteiger partial charge in [-0.05, 0) is 49.7 Å². The molecule has 0 atom stereocenters. The van der Waals surface area contributed by atoms with Crippen molar-refractivity contribution >= 4 is 29.1 Å². The fourth-order valence-corrected chi connectivity index (χ4v) is 3.40. The Bertz CT molecular complexity index is 681. The quantitative estimate of drug-likeness (QED) is 0.888. The minimum Gasteiger partial charge on any atom is -0.350 e. The molecule has 5 nitrogen and oxygen atoms in total. The predicted molar refractivity (Wildman–Crippen MR) is 90.6 cm³/mol. The number of amides is 1. The maximum absolute atomic E-state index is 12.9. The third-order valence-corrected chi connectivity index (χ3v) is 4.84. The van der Waals surface area contributed by atoms with Gasteiger partial charge in [-0.15, -0.1) is 0 Å². The number of aromatic nitrogens is 2. The molecule has 1 fully saturated rings. The summed E-state index contributed by atoms with van der Waals surface area (Å²) >= 11 is 12.1. The highest BCUT2D eigenvalue weighted by molar-refractivity contribution is 6.35. The highest BCUT2D eigenvalue weighted by atomic mass is 35.5. The number of benzene rings is 1. The highest BCUT2D eigenvalue weighted by Crippen LogP contribution is 2.28. The molecule has 7 heteroatoms. The molecular weight excluding hydrogens is 335 g/mol. The van der Waals surface area contributed by atoms with Gasteiger partial charge in [0.1, 0.15) is 5.54 Å². The van der Waals surface area contributed by atoms with E-state index in [2.05, 4.69) is 15.7 Å². The van der Waals surface area contributed by atoms with Gasteiger partial charge in [0.05, 0.1) is 0 Å². The van der Waals surface area contributed by atoms with Crippen molar-refractivity contribution < 1.29 is 4.79 Å². The lowest BCUT2D eigenvalue weighted by Crippen LogP contribution is -2.54. The Morgan fingerprint density at radius 1 is 1.35 bits per heavy atom. The zero-order valence-electron chi connectivity index (χ0n) is 12.6. The number of hydrogen-bond donors (Lipinski definition) is 2. The molecule has 1 aromatic carbocycles. The minimum absolute atomic E-state index is 0.0336. The molecule has 2 N–H and O–H groups in total. The smallest absolute Gasteiger partial charge is 0.248 e. The zero-order valence-corrected chi connectivity index (χ0v) is 14.1. The summed E-state index contributed by atoms with van der Waals surface area (Å²) in [4.78, 5) is 12.9. The number of carbonyl (C=O) groups excluding carboxylic acids is 1. The van der Waals surface area contributed by atoms with Crippen LogP contribution in [0.3, 0.4) is 0 Å². The Hall–Kier alpha value is -1.56. The molecule has 3 rings (SSSR count). The summed E-state index contributed by atoms with van der Waals surface area (Å²) in [5, 5.41) is 11.7. The second kappa shape index (κ2) is 6.91. The zero-order chi connectivity index (χ0) is 16.3. The summed E-state index contributed by atoms with van der Waals surface area (Å²) in [5.74, 6) is -0.0336. The molecule has 0 radical (unpaired) electrons. The number of rotatable bonds is 4. The van der Waals surface area contributed by atoms with Crippen molar-refractivity contribution in [2.75, 3.05) is 13.1 Å². The van der Waals surface area contributed by atoms with Crippen LogP contribution in [0.1, 0.15) is 18.4 Å². The van der Waals surface area contributed by atoms with Crippen molar-refractivity contribution in [3.05, 3.63) is 52.3 Å². The lowest BCUT2D eigenvalue weighted by Gasteiger charge is -2.36. The van der Waals surface area contributed by atoms with Crippen LogP contribution in [-0.2, 0) is 16.9 Å². The fourth-order valence-electron chi connectivity index (χ4n) is 2.93. The molecule has 1 saturated heterocycles. The second-order valence-electron chi connectivity index (χ2n) is 5.65. The van der Waals surface area contributed by atoms with Crippen molar-refractivity contribution in [1.29, 1.82) is 0 Å². The number of nitrogens with one attached hydrogen (secondary N) is 2. The Kier molecular flexibility index (Phi) is 4.90. The SMILES string of the molecule is O=C(NCc1ccc(Cl)cc1Cl)C1(n2cccn2)CCNCC1. The van der Waals surface area contributed by atoms with Crippen LogP contribution in [0.25, 0.3) is 0 Å². The molecule has 0 aliphatic carbocycles. The average Bonchev–Trinajstić information content (AvgIpc) is 3.09. The molecule has 23 heavy (non-hydrogen) atoms. The number of hydrogen-bond acceptors (Lipinski definition) is 3. The van der Waals surface area contributed by atoms with E-state index in [4.69, 9.17) is 23.2 Å². The van der Waals surface area contributed by atoms with Gasteiger partial charge in [-0.3, -0.25) is 9.48 Å². The Labute approximate surface area is 145 Å². The maximum Gasteiger partial charge on any atom is 0.248 e. The summed E-state index contributed by atoms with van der Waals surface area (Å²) in [6.07, 6.45) is 4.96. The van der Waals surface area contributed by atoms with Gasteiger partial charge in [-0.2, -0.15) is 5.10 Å². The van der Waals surface area contributed by atoms with Gasteiger partial charge < -0.3 is 10.6 Å². The summed E-state index contributed by atoms with van der Waals surface area (Å²) in [6, 6.07) is 7.11. The second-order valence-corrected chi connectivity index (χ2v) is 6.49. The summed E-state index contributed by atoms with van der Waals surface area (Å²) in [6.45, 7) is 1.94. The van der Waals surface area contributed by atoms with Gasteiger partial charge in [0.25, 0.3) is 0 Å². The van der Waals surface area contributed by atoms with E-state index in [1.807, 2.05) is 18.3 Å². The van der Waals surface area contributed by atoms with E-state index in [0.717, 1.165) is 18.7 Å². The normalized spacial score (nSPS) is 17.0. The lowest BCUT2D eigenvalue weighted by atomic mass is 9.87. The van der Waals surface area contributed by atoms with Crippen LogP contribution in [0.15, 0.2) is 36.7 Å². The van der Waals surface area contributed by atoms with E-state index in [9.17, 15) is 4.79 Å². The Morgan fingerprint density at radius 3 is 2.78 bits per heavy atom. The lowest BCUT2D eigenvalue weighted by molar-refractivity contribution is -0.132. The molecule has 2 aromatic rings. The number of halogens is 2. The molecule has 0 unspecified atom stereocenters. The van der Waals surface area contributed by atoms with Crippen molar-refractivity contribution in [2.45, 2.75) is 24.9 Å². The van der Waals surface area contributed by atoms with Gasteiger partial charge in [-0.25, -0.2) is 0 Å². The summed E-state index contributed by atoms with van der Waals surface area (Å²) in [5.41, 5.74) is 0.196. The van der Waals surface area contributed by atoms with Crippen LogP contribution >= 0.6 is 23.2 Å². The van der Waals surface area contributed by atoms with Gasteiger partial charge in [-0.1, -0.05) is 29.3 Å². The van der Waals surface area contributed by atoms with E-state index >= 15 is 0 Å². The molecule has 0 spiro atoms. The number of nitrogens with zero attached hydrogens (tertiary/aromatic N) is 2. The van der Waals surface area contributed by atoms with Crippen LogP contribution in [0.4, 0.5) is 0 Å². The number of piperidine rings is 1. The highest BCUT2D eigenvalue weighted by Gasteiger charge is 2.41. The first kappa shape index (κ1) is 16.3. The summed E-state index contributed by atoms with van der Waals surface area (Å²) < 4.78 is 1.77. The molecule has 122 valence electrons. The summed E-state index contributed by atoms with van der Waals surface area (Å²) in [7, 11) is 0. The van der Waals surface area contributed by atoms with Crippen molar-refractivity contribution in [3.63, 3.8) is 0 Å². The largest absolute Gasteiger partial charge is 0.350 e. The topological polar surface area (TPSA) is 59.0 Å². The Balaban J connectivity index is 1.77. The average molecular weight is 353 g/mol. The standard InChI is InChI=1S/C16H18Cl2N4O/c17-13-3-2-12(14(18)10-13)11-20-15(23)16(4-7-19-8-5-16)22-9-1-6-21-22/h1-3,6,9-10,19H,4-5,7-8,11H2,(H,20,23). The third kappa shape index (κ3) is 3.37. The van der Waals surface area contributed by atoms with Gasteiger partial charge in [0.15, 0.2) is 0 Å². The third-order valence-electron chi connectivity index (χ3n) is 4.25. The van der Waals surface area contributed by atoms with Crippen LogP contribution in [0, 0.1) is 0 Å². The first-order valence-corrected chi connectivity index (χ1v) is 8.30. The molecule has 0 bridgehead atoms. The van der Waals surface area contributed by atoms with E-state index in [1.165, 1.54) is 0 Å². The molecule has 1 amide bonds. The van der Waals surface area contributed by atoms with E-state index < -0.39 is 5.54 Å². The predicted octanol–water partition coefficient (Wildman–Crippen LogP) is 2.58. The number of carbonyl (C=O) groups is 1. The van der Waals surface area contributed by atoms with Crippen LogP contribution in [-0.4, -0.2) is 28.8 Å². The first-order chi connectivity index (χ1) is 11.1. The van der Waals surface area contributed by atoms with Gasteiger partial charge >= 0.3 is 0 Å². The van der Waals surface area contributed by atoms with Gasteiger partial charge in [0, 0.05) is 29.0 Å². The van der Waals surface area contributed by atoms with E-state index in [-0.39, 0.29) is 5.91 Å². The molecule has 0 saturated carbocycles. The molecule has 1 aliphatic rings. The van der Waals surface area contributed by atoms with Crippen molar-refractivity contribution in [1.82, 2.24) is 20.4 Å². The minimum atomic E-state index is -0.645. The van der Waals surface area contributed by atoms with Crippen LogP contribution in [0.5, 0.6) is 0 Å². The van der Waals surface area contributed by atoms with Crippen LogP contribution in [0.2, 0.25) is 10.0 Å². The molecular formula is C16H18Cl2N4O. The Morgan fingerprint density at radius 2 is 2.13 bits per heavy atom. The maximum atomic E-state index is 12.9. The molecule has 2 heterocycles. The van der Waals surface area contributed by atoms with E-state index in [1.54, 1.807) is 23.0 Å².